The van der Waals surface area contributed by atoms with Crippen molar-refractivity contribution < 1.29 is 239 Å². The van der Waals surface area contributed by atoms with Gasteiger partial charge in [-0.3, -0.25) is 0 Å². The fourth-order valence-corrected chi connectivity index (χ4v) is 4.27. The molecule has 0 spiro atoms. The molecule has 28 heteroatoms. The predicted octanol–water partition coefficient (Wildman–Crippen LogP) is -27.4. The van der Waals surface area contributed by atoms with E-state index in [1.165, 1.54) is 0 Å². The molecule has 52 heavy (non-hydrogen) atoms. The second-order valence-electron chi connectivity index (χ2n) is 10.8. The van der Waals surface area contributed by atoms with Gasteiger partial charge in [-0.15, -0.1) is 0 Å². The molecule has 0 aromatic carbocycles. The third-order valence-corrected chi connectivity index (χ3v) is 7.39. The van der Waals surface area contributed by atoms with Crippen molar-refractivity contribution in [2.24, 2.45) is 0 Å². The molecule has 4 heterocycles. The fourth-order valence-electron chi connectivity index (χ4n) is 4.27. The van der Waals surface area contributed by atoms with Crippen LogP contribution in [0, 0.1) is 0 Å². The summed E-state index contributed by atoms with van der Waals surface area (Å²) < 4.78 is 17.9. The van der Waals surface area contributed by atoms with Crippen LogP contribution in [0.3, 0.4) is 0 Å². The number of rotatable bonds is 4. The van der Waals surface area contributed by atoms with E-state index in [-0.39, 0.29) is 118 Å². The van der Waals surface area contributed by atoms with E-state index in [1.54, 1.807) is 0 Å². The molecule has 4 saturated heterocycles. The van der Waals surface area contributed by atoms with Crippen molar-refractivity contribution in [3.63, 3.8) is 0 Å². The van der Waals surface area contributed by atoms with Gasteiger partial charge in [0.15, 0.2) is 0 Å². The minimum Gasteiger partial charge on any atom is -0.829 e. The molecule has 16 N–H and O–H groups in total. The molecule has 4 aliphatic rings. The molecular formula is C24H44Na4O24. The van der Waals surface area contributed by atoms with Crippen LogP contribution in [-0.2, 0) is 18.9 Å². The van der Waals surface area contributed by atoms with Gasteiger partial charge in [0.1, 0.15) is 73.2 Å². The molecule has 4 aliphatic heterocycles. The van der Waals surface area contributed by atoms with Gasteiger partial charge >= 0.3 is 118 Å². The second-order valence-corrected chi connectivity index (χ2v) is 10.8. The van der Waals surface area contributed by atoms with Crippen LogP contribution in [0.2, 0.25) is 0 Å². The van der Waals surface area contributed by atoms with Gasteiger partial charge in [0.2, 0.25) is 0 Å². The van der Waals surface area contributed by atoms with Gasteiger partial charge < -0.3 is 121 Å². The Morgan fingerprint density at radius 2 is 0.404 bits per heavy atom. The molecule has 0 aromatic heterocycles. The Bertz CT molecular complexity index is 741. The zero-order chi connectivity index (χ0) is 37.2. The summed E-state index contributed by atoms with van der Waals surface area (Å²) in [6.07, 6.45) is -30.3. The number of ether oxygens (including phenoxy) is 4. The maximum atomic E-state index is 10.7. The van der Waals surface area contributed by atoms with Crippen LogP contribution < -0.4 is 139 Å². The van der Waals surface area contributed by atoms with Crippen LogP contribution in [0.1, 0.15) is 0 Å². The van der Waals surface area contributed by atoms with Crippen LogP contribution in [-0.4, -0.2) is 231 Å². The van der Waals surface area contributed by atoms with Crippen LogP contribution in [0.4, 0.5) is 0 Å². The van der Waals surface area contributed by atoms with Crippen molar-refractivity contribution in [2.75, 3.05) is 26.4 Å². The first-order valence-corrected chi connectivity index (χ1v) is 14.2. The van der Waals surface area contributed by atoms with Crippen LogP contribution >= 0.6 is 0 Å². The van der Waals surface area contributed by atoms with E-state index in [0.29, 0.717) is 0 Å². The molecule has 0 aliphatic carbocycles. The summed E-state index contributed by atoms with van der Waals surface area (Å²) in [5, 5.41) is 185. The molecule has 0 aromatic rings. The van der Waals surface area contributed by atoms with Gasteiger partial charge in [-0.25, -0.2) is 0 Å². The Kier molecular flexibility index (Phi) is 35.7. The Balaban J connectivity index is -0.000000288. The van der Waals surface area contributed by atoms with Gasteiger partial charge in [0.05, 0.1) is 50.8 Å². The summed E-state index contributed by atoms with van der Waals surface area (Å²) in [7, 11) is 0. The standard InChI is InChI=1S/4C6H11O6.4Na/c4*7-1-2-3(8)4(9)5(10)6(11)12-2;;;;/h4*2-10H,1H2;;;;/q4*-1;4*+1/t4*2-,3-,4+,5+,6?;;;;/m1111..../s1. The molecule has 4 unspecified atom stereocenters. The van der Waals surface area contributed by atoms with E-state index in [4.69, 9.17) is 81.7 Å². The normalized spacial score (nSPS) is 45.5. The molecule has 0 bridgehead atoms. The molecule has 0 amide bonds. The molecule has 4 fully saturated rings. The Morgan fingerprint density at radius 3 is 0.519 bits per heavy atom. The first-order chi connectivity index (χ1) is 22.3. The number of aliphatic hydroxyl groups excluding tert-OH is 16. The molecular weight excluding hydrogens is 764 g/mol. The van der Waals surface area contributed by atoms with E-state index in [0.717, 1.165) is 0 Å². The minimum atomic E-state index is -1.82. The zero-order valence-corrected chi connectivity index (χ0v) is 36.8. The van der Waals surface area contributed by atoms with Gasteiger partial charge in [-0.05, 0) is 0 Å². The van der Waals surface area contributed by atoms with E-state index >= 15 is 0 Å². The number of aliphatic hydroxyl groups is 16. The first kappa shape index (κ1) is 61.7. The average molecular weight is 809 g/mol. The summed E-state index contributed by atoms with van der Waals surface area (Å²) >= 11 is 0. The van der Waals surface area contributed by atoms with Crippen molar-refractivity contribution >= 4 is 0 Å². The third-order valence-electron chi connectivity index (χ3n) is 7.39. The molecule has 0 saturated carbocycles. The van der Waals surface area contributed by atoms with Crippen molar-refractivity contribution in [1.82, 2.24) is 0 Å². The maximum absolute atomic E-state index is 10.7. The molecule has 24 nitrogen and oxygen atoms in total. The van der Waals surface area contributed by atoms with E-state index in [1.807, 2.05) is 0 Å². The largest absolute Gasteiger partial charge is 1.00 e. The molecule has 288 valence electrons. The molecule has 4 rings (SSSR count). The van der Waals surface area contributed by atoms with Gasteiger partial charge in [-0.1, -0.05) is 0 Å². The fraction of sp³-hybridized carbons (Fsp3) is 1.00. The summed E-state index contributed by atoms with van der Waals surface area (Å²) in [5.41, 5.74) is 0. The first-order valence-electron chi connectivity index (χ1n) is 14.2. The molecule has 0 radical (unpaired) electrons. The topological polar surface area (TPSA) is 453 Å². The smallest absolute Gasteiger partial charge is 0.829 e. The van der Waals surface area contributed by atoms with E-state index in [9.17, 15) is 20.4 Å². The Hall–Kier alpha value is 3.04. The van der Waals surface area contributed by atoms with Crippen LogP contribution in [0.25, 0.3) is 0 Å². The quantitative estimate of drug-likeness (QED) is 0.117. The monoisotopic (exact) mass is 808 g/mol. The summed E-state index contributed by atoms with van der Waals surface area (Å²) in [6, 6.07) is 0. The number of hydrogen-bond donors (Lipinski definition) is 16. The summed E-state index contributed by atoms with van der Waals surface area (Å²) in [6.45, 7) is -2.26. The summed E-state index contributed by atoms with van der Waals surface area (Å²) in [4.78, 5) is 0. The van der Waals surface area contributed by atoms with E-state index < -0.39 is 149 Å². The van der Waals surface area contributed by atoms with Gasteiger partial charge in [0, 0.05) is 25.2 Å². The van der Waals surface area contributed by atoms with Crippen LogP contribution in [0.5, 0.6) is 0 Å². The van der Waals surface area contributed by atoms with Gasteiger partial charge in [-0.2, -0.15) is 0 Å². The average Bonchev–Trinajstić information content (AvgIpc) is 3.08. The third kappa shape index (κ3) is 17.3. The van der Waals surface area contributed by atoms with Crippen molar-refractivity contribution in [3.05, 3.63) is 0 Å². The molecule has 20 atom stereocenters. The van der Waals surface area contributed by atoms with E-state index in [2.05, 4.69) is 18.9 Å². The van der Waals surface area contributed by atoms with Crippen molar-refractivity contribution in [2.45, 2.75) is 123 Å². The minimum absolute atomic E-state index is 0. The second kappa shape index (κ2) is 30.1. The maximum Gasteiger partial charge on any atom is 1.00 e. The predicted molar refractivity (Wildman–Crippen MR) is 135 cm³/mol. The van der Waals surface area contributed by atoms with Crippen LogP contribution in [0.15, 0.2) is 0 Å². The Morgan fingerprint density at radius 1 is 0.269 bits per heavy atom. The Labute approximate surface area is 384 Å². The van der Waals surface area contributed by atoms with Gasteiger partial charge in [0.25, 0.3) is 0 Å². The summed E-state index contributed by atoms with van der Waals surface area (Å²) in [5.74, 6) is 0. The van der Waals surface area contributed by atoms with Crippen molar-refractivity contribution in [1.29, 1.82) is 0 Å². The number of hydrogen-bond acceptors (Lipinski definition) is 24. The van der Waals surface area contributed by atoms with Crippen molar-refractivity contribution in [3.8, 4) is 0 Å². The zero-order valence-electron chi connectivity index (χ0n) is 28.8. The SMILES string of the molecule is [Na+].[Na+].[Na+].[Na+].[O-]C1O[C@H](CO)[C@@H](O)[C@H](O)[C@@H]1O.[O-]C1O[C@H](CO)[C@@H](O)[C@H](O)[C@@H]1O.[O-]C1O[C@H](CO)[C@@H](O)[C@H](O)[C@@H]1O.[O-]C1O[C@H](CO)[C@@H](O)[C@H](O)[C@@H]1O.